The fraction of sp³-hybridized carbons (Fsp3) is 0.235. The summed E-state index contributed by atoms with van der Waals surface area (Å²) in [5.41, 5.74) is 2.56. The molecule has 3 rings (SSSR count). The molecule has 0 aliphatic carbocycles. The lowest BCUT2D eigenvalue weighted by Gasteiger charge is -2.15. The minimum Gasteiger partial charge on any atom is -0.339 e. The summed E-state index contributed by atoms with van der Waals surface area (Å²) in [5.74, 6) is -0.162. The molecule has 1 amide bonds. The van der Waals surface area contributed by atoms with Crippen molar-refractivity contribution >= 4 is 5.91 Å². The molecule has 1 aliphatic rings. The van der Waals surface area contributed by atoms with Gasteiger partial charge in [-0.05, 0) is 48.2 Å². The van der Waals surface area contributed by atoms with Gasteiger partial charge in [0.1, 0.15) is 5.82 Å². The summed E-state index contributed by atoms with van der Waals surface area (Å²) in [7, 11) is 0. The average Bonchev–Trinajstić information content (AvgIpc) is 3.01. The molecule has 0 saturated carbocycles. The average molecular weight is 269 g/mol. The molecule has 0 aromatic heterocycles. The summed E-state index contributed by atoms with van der Waals surface area (Å²) in [6.45, 7) is 1.69. The minimum absolute atomic E-state index is 0.0893. The number of hydrogen-bond acceptors (Lipinski definition) is 1. The van der Waals surface area contributed by atoms with Gasteiger partial charge in [0, 0.05) is 18.7 Å². The third-order valence-electron chi connectivity index (χ3n) is 3.68. The first-order valence-electron chi connectivity index (χ1n) is 6.89. The molecule has 1 fully saturated rings. The Balaban J connectivity index is 1.89. The molecular formula is C17H16FNO. The molecule has 0 radical (unpaired) electrons. The first kappa shape index (κ1) is 12.9. The Hall–Kier alpha value is -2.16. The minimum atomic E-state index is -0.252. The smallest absolute Gasteiger partial charge is 0.253 e. The van der Waals surface area contributed by atoms with Gasteiger partial charge in [-0.1, -0.05) is 24.3 Å². The number of rotatable bonds is 2. The molecule has 0 unspecified atom stereocenters. The molecule has 2 nitrogen and oxygen atoms in total. The normalized spacial score (nSPS) is 14.6. The van der Waals surface area contributed by atoms with E-state index in [0.717, 1.165) is 37.1 Å². The van der Waals surface area contributed by atoms with E-state index in [2.05, 4.69) is 0 Å². The van der Waals surface area contributed by atoms with Crippen LogP contribution >= 0.6 is 0 Å². The Morgan fingerprint density at radius 2 is 1.65 bits per heavy atom. The van der Waals surface area contributed by atoms with Crippen LogP contribution in [0.4, 0.5) is 4.39 Å². The molecule has 20 heavy (non-hydrogen) atoms. The highest BCUT2D eigenvalue weighted by Gasteiger charge is 2.19. The van der Waals surface area contributed by atoms with E-state index in [1.165, 1.54) is 12.1 Å². The van der Waals surface area contributed by atoms with Crippen molar-refractivity contribution in [2.24, 2.45) is 0 Å². The molecule has 1 aliphatic heterocycles. The first-order valence-corrected chi connectivity index (χ1v) is 6.89. The predicted octanol–water partition coefficient (Wildman–Crippen LogP) is 3.73. The van der Waals surface area contributed by atoms with E-state index in [1.807, 2.05) is 29.2 Å². The monoisotopic (exact) mass is 269 g/mol. The van der Waals surface area contributed by atoms with Gasteiger partial charge in [-0.25, -0.2) is 4.39 Å². The van der Waals surface area contributed by atoms with E-state index in [1.54, 1.807) is 12.1 Å². The first-order chi connectivity index (χ1) is 9.74. The maximum absolute atomic E-state index is 13.0. The third-order valence-corrected chi connectivity index (χ3v) is 3.68. The number of carbonyl (C=O) groups excluding carboxylic acids is 1. The van der Waals surface area contributed by atoms with Gasteiger partial charge in [0.25, 0.3) is 5.91 Å². The third kappa shape index (κ3) is 2.57. The number of hydrogen-bond donors (Lipinski definition) is 0. The summed E-state index contributed by atoms with van der Waals surface area (Å²) in [6.07, 6.45) is 2.17. The summed E-state index contributed by atoms with van der Waals surface area (Å²) in [4.78, 5) is 14.2. The van der Waals surface area contributed by atoms with Crippen LogP contribution in [0.25, 0.3) is 11.1 Å². The Kier molecular flexibility index (Phi) is 3.50. The molecule has 2 aromatic rings. The number of benzene rings is 2. The zero-order valence-electron chi connectivity index (χ0n) is 11.2. The van der Waals surface area contributed by atoms with E-state index >= 15 is 0 Å². The lowest BCUT2D eigenvalue weighted by atomic mass is 10.0. The van der Waals surface area contributed by atoms with E-state index < -0.39 is 0 Å². The van der Waals surface area contributed by atoms with Gasteiger partial charge in [-0.3, -0.25) is 4.79 Å². The molecule has 2 aromatic carbocycles. The second-order valence-electron chi connectivity index (χ2n) is 5.09. The molecular weight excluding hydrogens is 253 g/mol. The molecule has 1 heterocycles. The second-order valence-corrected chi connectivity index (χ2v) is 5.09. The van der Waals surface area contributed by atoms with Gasteiger partial charge in [0.2, 0.25) is 0 Å². The van der Waals surface area contributed by atoms with E-state index in [-0.39, 0.29) is 11.7 Å². The highest BCUT2D eigenvalue weighted by atomic mass is 19.1. The number of halogens is 1. The molecule has 0 N–H and O–H groups in total. The van der Waals surface area contributed by atoms with Gasteiger partial charge in [0.15, 0.2) is 0 Å². The van der Waals surface area contributed by atoms with Crippen LogP contribution in [-0.4, -0.2) is 23.9 Å². The molecule has 0 spiro atoms. The Bertz CT molecular complexity index is 615. The second kappa shape index (κ2) is 5.45. The summed E-state index contributed by atoms with van der Waals surface area (Å²) in [6, 6.07) is 13.9. The molecule has 0 bridgehead atoms. The van der Waals surface area contributed by atoms with Crippen LogP contribution in [0, 0.1) is 5.82 Å². The fourth-order valence-corrected chi connectivity index (χ4v) is 2.58. The van der Waals surface area contributed by atoms with E-state index in [4.69, 9.17) is 0 Å². The molecule has 0 atom stereocenters. The van der Waals surface area contributed by atoms with Crippen LogP contribution in [-0.2, 0) is 0 Å². The van der Waals surface area contributed by atoms with Gasteiger partial charge in [-0.15, -0.1) is 0 Å². The zero-order chi connectivity index (χ0) is 13.9. The Labute approximate surface area is 117 Å². The zero-order valence-corrected chi connectivity index (χ0v) is 11.2. The maximum atomic E-state index is 13.0. The fourth-order valence-electron chi connectivity index (χ4n) is 2.58. The van der Waals surface area contributed by atoms with Crippen molar-refractivity contribution in [2.75, 3.05) is 13.1 Å². The maximum Gasteiger partial charge on any atom is 0.253 e. The number of likely N-dealkylation sites (tertiary alicyclic amines) is 1. The highest BCUT2D eigenvalue weighted by Crippen LogP contribution is 2.22. The summed E-state index contributed by atoms with van der Waals surface area (Å²) >= 11 is 0. The van der Waals surface area contributed by atoms with Crippen LogP contribution in [0.2, 0.25) is 0 Å². The van der Waals surface area contributed by atoms with Crippen LogP contribution in [0.1, 0.15) is 23.2 Å². The molecule has 3 heteroatoms. The quantitative estimate of drug-likeness (QED) is 0.813. The van der Waals surface area contributed by atoms with Gasteiger partial charge >= 0.3 is 0 Å². The molecule has 1 saturated heterocycles. The van der Waals surface area contributed by atoms with Gasteiger partial charge < -0.3 is 4.90 Å². The van der Waals surface area contributed by atoms with Gasteiger partial charge in [-0.2, -0.15) is 0 Å². The standard InChI is InChI=1S/C17H16FNO/c18-16-8-6-13(7-9-16)14-4-3-5-15(12-14)17(20)19-10-1-2-11-19/h3-9,12H,1-2,10-11H2. The lowest BCUT2D eigenvalue weighted by Crippen LogP contribution is -2.27. The number of amides is 1. The largest absolute Gasteiger partial charge is 0.339 e. The Morgan fingerprint density at radius 1 is 0.950 bits per heavy atom. The van der Waals surface area contributed by atoms with Crippen molar-refractivity contribution in [3.8, 4) is 11.1 Å². The molecule has 102 valence electrons. The lowest BCUT2D eigenvalue weighted by molar-refractivity contribution is 0.0793. The number of nitrogens with zero attached hydrogens (tertiary/aromatic N) is 1. The van der Waals surface area contributed by atoms with Gasteiger partial charge in [0.05, 0.1) is 0 Å². The topological polar surface area (TPSA) is 20.3 Å². The number of carbonyl (C=O) groups is 1. The van der Waals surface area contributed by atoms with Crippen LogP contribution < -0.4 is 0 Å². The van der Waals surface area contributed by atoms with Crippen LogP contribution in [0.3, 0.4) is 0 Å². The highest BCUT2D eigenvalue weighted by molar-refractivity contribution is 5.95. The SMILES string of the molecule is O=C(c1cccc(-c2ccc(F)cc2)c1)N1CCCC1. The summed E-state index contributed by atoms with van der Waals surface area (Å²) < 4.78 is 13.0. The van der Waals surface area contributed by atoms with Crippen molar-refractivity contribution < 1.29 is 9.18 Å². The van der Waals surface area contributed by atoms with E-state index in [0.29, 0.717) is 5.56 Å². The van der Waals surface area contributed by atoms with Crippen molar-refractivity contribution in [3.63, 3.8) is 0 Å². The Morgan fingerprint density at radius 3 is 2.35 bits per heavy atom. The van der Waals surface area contributed by atoms with Crippen molar-refractivity contribution in [2.45, 2.75) is 12.8 Å². The van der Waals surface area contributed by atoms with E-state index in [9.17, 15) is 9.18 Å². The predicted molar refractivity (Wildman–Crippen MR) is 77.0 cm³/mol. The van der Waals surface area contributed by atoms with Crippen LogP contribution in [0.5, 0.6) is 0 Å². The summed E-state index contributed by atoms with van der Waals surface area (Å²) in [5, 5.41) is 0. The van der Waals surface area contributed by atoms with Crippen molar-refractivity contribution in [1.29, 1.82) is 0 Å². The van der Waals surface area contributed by atoms with Crippen LogP contribution in [0.15, 0.2) is 48.5 Å². The van der Waals surface area contributed by atoms with Crippen molar-refractivity contribution in [1.82, 2.24) is 4.90 Å². The van der Waals surface area contributed by atoms with Crippen molar-refractivity contribution in [3.05, 3.63) is 59.9 Å².